The standard InChI is InChI=1S/C30H47N3O6.C18H26N2O3.C11H20N2O4/c1-6-38-27(35)25(21-22(2)34)30(37)15-19-32(20-16-30)17-9-7-8-12-24-14-13-23-11-10-18-33(26(23)31-24)28(36)39-29(3,4)5;1-18(2,3)23-17(22)20-12-7-8-14-10-11-15(19-16(14)20)9-5-4-6-13-21;1-3-17-10(15)9(13-8(2)14)11(16)4-6-12-7-5-11/h13-14,25,37H,6-12,15-21H2,1-5H3;10-11,13H,4-9,12H2,1-3H3;9,12,16H,3-7H2,1-2H3,(H,13,14). The first kappa shape index (κ1) is 65.9. The van der Waals surface area contributed by atoms with Crippen molar-refractivity contribution < 1.29 is 62.7 Å². The number of Topliss-reactive ketones (excluding diaryl/α,β-unsaturated/α-hetero) is 1. The number of aldehydes is 1. The maximum absolute atomic E-state index is 12.7. The highest BCUT2D eigenvalue weighted by molar-refractivity contribution is 5.89. The molecule has 0 aromatic carbocycles. The number of pyridine rings is 2. The van der Waals surface area contributed by atoms with Crippen molar-refractivity contribution in [2.75, 3.05) is 68.8 Å². The van der Waals surface area contributed by atoms with Crippen LogP contribution in [0.15, 0.2) is 24.3 Å². The Bertz CT molecular complexity index is 2320. The van der Waals surface area contributed by atoms with Crippen LogP contribution >= 0.6 is 0 Å². The number of nitrogens with one attached hydrogen (secondary N) is 2. The number of hydrogen-bond donors (Lipinski definition) is 4. The van der Waals surface area contributed by atoms with E-state index in [1.54, 1.807) is 23.6 Å². The first-order valence-corrected chi connectivity index (χ1v) is 28.7. The molecule has 0 saturated carbocycles. The van der Waals surface area contributed by atoms with Crippen molar-refractivity contribution in [2.45, 2.75) is 207 Å². The fourth-order valence-corrected chi connectivity index (χ4v) is 10.1. The SMILES string of the molecule is CC(C)(C)OC(=O)N1CCCc2ccc(CCCCC=O)nc21.CCOC(=O)C(CC(C)=O)C1(O)CCN(CCCCCc2ccc3c(n2)N(C(=O)OC(C)(C)C)CCC3)CC1.CCOC(=O)C(NC(C)=O)C1(O)CCNCC1. The average Bonchev–Trinajstić information content (AvgIpc) is 3.40. The van der Waals surface area contributed by atoms with Gasteiger partial charge in [-0.3, -0.25) is 19.4 Å². The molecule has 6 heterocycles. The van der Waals surface area contributed by atoms with E-state index in [0.717, 1.165) is 118 Å². The smallest absolute Gasteiger partial charge is 0.416 e. The first-order valence-electron chi connectivity index (χ1n) is 28.7. The van der Waals surface area contributed by atoms with E-state index in [1.165, 1.54) is 13.8 Å². The lowest BCUT2D eigenvalue weighted by Crippen LogP contribution is -2.60. The van der Waals surface area contributed by atoms with E-state index in [-0.39, 0.29) is 43.5 Å². The van der Waals surface area contributed by atoms with Gasteiger partial charge in [0.15, 0.2) is 6.04 Å². The number of esters is 2. The van der Waals surface area contributed by atoms with E-state index in [4.69, 9.17) is 23.9 Å². The predicted molar refractivity (Wildman–Crippen MR) is 301 cm³/mol. The molecule has 0 radical (unpaired) electrons. The molecule has 4 aliphatic rings. The Morgan fingerprint density at radius 1 is 0.684 bits per heavy atom. The molecular formula is C59H93N7O13. The molecule has 0 bridgehead atoms. The molecule has 4 aliphatic heterocycles. The summed E-state index contributed by atoms with van der Waals surface area (Å²) in [5.74, 6) is -0.851. The van der Waals surface area contributed by atoms with E-state index >= 15 is 0 Å². The van der Waals surface area contributed by atoms with Gasteiger partial charge < -0.3 is 54.3 Å². The maximum Gasteiger partial charge on any atom is 0.416 e. The van der Waals surface area contributed by atoms with Gasteiger partial charge in [-0.25, -0.2) is 24.4 Å². The van der Waals surface area contributed by atoms with Crippen molar-refractivity contribution >= 4 is 53.7 Å². The molecule has 20 nitrogen and oxygen atoms in total. The van der Waals surface area contributed by atoms with Gasteiger partial charge in [0, 0.05) is 57.3 Å². The van der Waals surface area contributed by atoms with Gasteiger partial charge in [0.25, 0.3) is 0 Å². The fourth-order valence-electron chi connectivity index (χ4n) is 10.1. The predicted octanol–water partition coefficient (Wildman–Crippen LogP) is 7.32. The van der Waals surface area contributed by atoms with E-state index in [9.17, 15) is 43.8 Å². The molecule has 4 N–H and O–H groups in total. The topological polar surface area (TPSA) is 256 Å². The highest BCUT2D eigenvalue weighted by atomic mass is 16.6. The molecule has 2 atom stereocenters. The van der Waals surface area contributed by atoms with E-state index in [1.807, 2.05) is 47.6 Å². The average molecular weight is 1110 g/mol. The number of likely N-dealkylation sites (tertiary alicyclic amines) is 1. The van der Waals surface area contributed by atoms with Gasteiger partial charge in [0.2, 0.25) is 5.91 Å². The molecule has 442 valence electrons. The van der Waals surface area contributed by atoms with Crippen LogP contribution in [0, 0.1) is 5.92 Å². The molecule has 3 amide bonds. The second-order valence-corrected chi connectivity index (χ2v) is 23.2. The van der Waals surface area contributed by atoms with E-state index < -0.39 is 46.3 Å². The van der Waals surface area contributed by atoms with Crippen molar-refractivity contribution in [3.63, 3.8) is 0 Å². The summed E-state index contributed by atoms with van der Waals surface area (Å²) in [6.07, 6.45) is 12.9. The highest BCUT2D eigenvalue weighted by Crippen LogP contribution is 2.34. The number of rotatable bonds is 20. The van der Waals surface area contributed by atoms with Crippen LogP contribution in [0.4, 0.5) is 21.2 Å². The number of ketones is 1. The fraction of sp³-hybridized carbons (Fsp3) is 0.712. The van der Waals surface area contributed by atoms with E-state index in [2.05, 4.69) is 38.7 Å². The zero-order chi connectivity index (χ0) is 58.4. The van der Waals surface area contributed by atoms with Gasteiger partial charge in [-0.1, -0.05) is 18.6 Å². The van der Waals surface area contributed by atoms with Gasteiger partial charge in [0.05, 0.1) is 30.3 Å². The summed E-state index contributed by atoms with van der Waals surface area (Å²) in [6, 6.07) is 7.27. The summed E-state index contributed by atoms with van der Waals surface area (Å²) in [5, 5.41) is 27.2. The normalized spacial score (nSPS) is 17.6. The zero-order valence-electron chi connectivity index (χ0n) is 49.0. The Kier molecular flexibility index (Phi) is 26.2. The minimum atomic E-state index is -1.22. The molecule has 2 aromatic rings. The van der Waals surface area contributed by atoms with Crippen LogP contribution in [-0.4, -0.2) is 155 Å². The molecule has 2 aromatic heterocycles. The van der Waals surface area contributed by atoms with Crippen molar-refractivity contribution in [1.29, 1.82) is 0 Å². The molecule has 0 spiro atoms. The summed E-state index contributed by atoms with van der Waals surface area (Å²) >= 11 is 0. The number of aromatic nitrogens is 2. The van der Waals surface area contributed by atoms with Gasteiger partial charge in [-0.2, -0.15) is 0 Å². The molecule has 0 aliphatic carbocycles. The Morgan fingerprint density at radius 3 is 1.63 bits per heavy atom. The van der Waals surface area contributed by atoms with Crippen molar-refractivity contribution in [3.05, 3.63) is 46.8 Å². The van der Waals surface area contributed by atoms with Crippen LogP contribution in [0.1, 0.15) is 175 Å². The lowest BCUT2D eigenvalue weighted by molar-refractivity contribution is -0.164. The highest BCUT2D eigenvalue weighted by Gasteiger charge is 2.46. The van der Waals surface area contributed by atoms with Crippen LogP contribution in [-0.2, 0) is 68.6 Å². The molecule has 6 rings (SSSR count). The number of anilines is 2. The molecule has 20 heteroatoms. The second kappa shape index (κ2) is 31.4. The zero-order valence-corrected chi connectivity index (χ0v) is 49.0. The van der Waals surface area contributed by atoms with Crippen LogP contribution in [0.3, 0.4) is 0 Å². The lowest BCUT2D eigenvalue weighted by Gasteiger charge is -2.41. The number of aliphatic hydroxyl groups is 2. The van der Waals surface area contributed by atoms with Crippen LogP contribution in [0.2, 0.25) is 0 Å². The van der Waals surface area contributed by atoms with E-state index in [0.29, 0.717) is 71.4 Å². The van der Waals surface area contributed by atoms with Crippen molar-refractivity contribution in [1.82, 2.24) is 25.5 Å². The number of hydrogen-bond acceptors (Lipinski definition) is 17. The minimum Gasteiger partial charge on any atom is -0.466 e. The monoisotopic (exact) mass is 1110 g/mol. The third kappa shape index (κ3) is 21.8. The van der Waals surface area contributed by atoms with Gasteiger partial charge >= 0.3 is 24.1 Å². The Labute approximate surface area is 468 Å². The number of unbranched alkanes of at least 4 members (excludes halogenated alkanes) is 4. The van der Waals surface area contributed by atoms with Crippen molar-refractivity contribution in [3.8, 4) is 0 Å². The molecule has 2 unspecified atom stereocenters. The van der Waals surface area contributed by atoms with Crippen LogP contribution < -0.4 is 20.4 Å². The number of ether oxygens (including phenoxy) is 4. The Morgan fingerprint density at radius 2 is 1.18 bits per heavy atom. The van der Waals surface area contributed by atoms with Gasteiger partial charge in [-0.15, -0.1) is 0 Å². The number of nitrogens with zero attached hydrogens (tertiary/aromatic N) is 5. The minimum absolute atomic E-state index is 0.0155. The number of carbonyl (C=O) groups excluding carboxylic acids is 7. The number of amides is 3. The maximum atomic E-state index is 12.7. The van der Waals surface area contributed by atoms with Gasteiger partial charge in [0.1, 0.15) is 34.9 Å². The molecular weight excluding hydrogens is 1010 g/mol. The molecule has 79 heavy (non-hydrogen) atoms. The Hall–Kier alpha value is -5.57. The molecule has 2 fully saturated rings. The summed E-state index contributed by atoms with van der Waals surface area (Å²) in [6.45, 7) is 22.7. The van der Waals surface area contributed by atoms with Crippen LogP contribution in [0.25, 0.3) is 0 Å². The summed E-state index contributed by atoms with van der Waals surface area (Å²) in [4.78, 5) is 97.7. The van der Waals surface area contributed by atoms with Gasteiger partial charge in [-0.05, 0) is 195 Å². The summed E-state index contributed by atoms with van der Waals surface area (Å²) in [7, 11) is 0. The third-order valence-electron chi connectivity index (χ3n) is 14.1. The number of fused-ring (bicyclic) bond motifs is 2. The first-order chi connectivity index (χ1) is 37.3. The van der Waals surface area contributed by atoms with Crippen molar-refractivity contribution in [2.24, 2.45) is 5.92 Å². The third-order valence-corrected chi connectivity index (χ3v) is 14.1. The number of aryl methyl sites for hydroxylation is 4. The number of piperidine rings is 2. The largest absolute Gasteiger partial charge is 0.466 e. The quantitative estimate of drug-likeness (QED) is 0.0438. The summed E-state index contributed by atoms with van der Waals surface area (Å²) < 4.78 is 21.1. The Balaban J connectivity index is 0.000000283. The summed E-state index contributed by atoms with van der Waals surface area (Å²) in [5.41, 5.74) is 0.668. The molecule has 2 saturated heterocycles. The number of carbonyl (C=O) groups is 7. The second-order valence-electron chi connectivity index (χ2n) is 23.2. The van der Waals surface area contributed by atoms with Crippen LogP contribution in [0.5, 0.6) is 0 Å². The lowest BCUT2D eigenvalue weighted by atomic mass is 9.77.